The van der Waals surface area contributed by atoms with Crippen LogP contribution in [0.3, 0.4) is 0 Å². The van der Waals surface area contributed by atoms with Crippen LogP contribution in [0.4, 0.5) is 82.9 Å². The molecule has 0 N–H and O–H groups in total. The molecule has 0 unspecified atom stereocenters. The summed E-state index contributed by atoms with van der Waals surface area (Å²) in [6.45, 7) is 0. The first kappa shape index (κ1) is 30.1. The Bertz CT molecular complexity index is 1680. The van der Waals surface area contributed by atoms with E-state index < -0.39 is 109 Å². The van der Waals surface area contributed by atoms with Crippen molar-refractivity contribution in [2.45, 2.75) is 17.8 Å². The molecule has 0 spiro atoms. The minimum Gasteiger partial charge on any atom is -0.304 e. The maximum Gasteiger partial charge on any atom is 0.411 e. The Morgan fingerprint density at radius 2 is 0.721 bits per heavy atom. The van der Waals surface area contributed by atoms with Gasteiger partial charge in [0.05, 0.1) is 22.5 Å². The van der Waals surface area contributed by atoms with Crippen LogP contribution in [0.5, 0.6) is 0 Å². The molecular weight excluding hydrogens is 623 g/mol. The normalized spacial score (nSPS) is 14.5. The molecule has 226 valence electrons. The zero-order chi connectivity index (χ0) is 32.0. The van der Waals surface area contributed by atoms with E-state index in [2.05, 4.69) is 0 Å². The summed E-state index contributed by atoms with van der Waals surface area (Å²) in [5.74, 6) is -24.9. The number of hydrogen-bond donors (Lipinski definition) is 0. The van der Waals surface area contributed by atoms with Gasteiger partial charge in [0.2, 0.25) is 11.2 Å². The zero-order valence-electron chi connectivity index (χ0n) is 20.2. The minimum absolute atomic E-state index is 0.0282. The van der Waals surface area contributed by atoms with Crippen molar-refractivity contribution in [3.8, 4) is 11.1 Å². The first-order valence-corrected chi connectivity index (χ1v) is 11.4. The molecule has 0 bridgehead atoms. The van der Waals surface area contributed by atoms with Crippen molar-refractivity contribution in [3.05, 3.63) is 112 Å². The number of benzene rings is 4. The van der Waals surface area contributed by atoms with E-state index in [-0.39, 0.29) is 4.90 Å². The molecule has 4 aromatic rings. The summed E-state index contributed by atoms with van der Waals surface area (Å²) in [5, 5.41) is 0. The van der Waals surface area contributed by atoms with Gasteiger partial charge in [0.25, 0.3) is 0 Å². The molecule has 0 saturated carbocycles. The molecule has 0 saturated heterocycles. The molecule has 0 amide bonds. The number of hydrogen-bond acceptors (Lipinski definition) is 1. The molecule has 0 fully saturated rings. The number of para-hydroxylation sites is 2. The summed E-state index contributed by atoms with van der Waals surface area (Å²) in [6, 6.07) is 4.77. The Labute approximate surface area is 229 Å². The average Bonchev–Trinajstić information content (AvgIpc) is 2.94. The second-order valence-corrected chi connectivity index (χ2v) is 9.04. The van der Waals surface area contributed by atoms with Crippen molar-refractivity contribution in [1.82, 2.24) is 0 Å². The Morgan fingerprint density at radius 3 is 1.07 bits per heavy atom. The number of halogens is 15. The van der Waals surface area contributed by atoms with Gasteiger partial charge in [0.15, 0.2) is 46.5 Å². The lowest BCUT2D eigenvalue weighted by atomic mass is 9.69. The molecule has 1 aliphatic heterocycles. The molecular formula is C27H8F15N. The van der Waals surface area contributed by atoms with Crippen molar-refractivity contribution in [2.24, 2.45) is 0 Å². The zero-order valence-corrected chi connectivity index (χ0v) is 20.2. The van der Waals surface area contributed by atoms with Gasteiger partial charge in [-0.2, -0.15) is 26.3 Å². The molecule has 5 rings (SSSR count). The van der Waals surface area contributed by atoms with Crippen molar-refractivity contribution in [3.63, 3.8) is 0 Å². The van der Waals surface area contributed by atoms with Crippen LogP contribution < -0.4 is 4.90 Å². The second kappa shape index (κ2) is 9.57. The van der Waals surface area contributed by atoms with E-state index in [1.807, 2.05) is 0 Å². The van der Waals surface area contributed by atoms with Gasteiger partial charge in [-0.3, -0.25) is 0 Å². The first-order chi connectivity index (χ1) is 19.9. The Hall–Kier alpha value is -4.37. The molecule has 0 radical (unpaired) electrons. The predicted molar refractivity (Wildman–Crippen MR) is 119 cm³/mol. The molecule has 4 aromatic carbocycles. The van der Waals surface area contributed by atoms with Gasteiger partial charge in [-0.1, -0.05) is 36.4 Å². The van der Waals surface area contributed by atoms with E-state index in [0.29, 0.717) is 24.3 Å². The average molecular weight is 631 g/mol. The van der Waals surface area contributed by atoms with Crippen LogP contribution in [0.25, 0.3) is 11.1 Å². The largest absolute Gasteiger partial charge is 0.411 e. The summed E-state index contributed by atoms with van der Waals surface area (Å²) < 4.78 is 218. The number of rotatable bonds is 2. The fourth-order valence-corrected chi connectivity index (χ4v) is 5.12. The second-order valence-electron chi connectivity index (χ2n) is 9.04. The summed E-state index contributed by atoms with van der Waals surface area (Å²) in [5.41, 5.74) is -17.6. The monoisotopic (exact) mass is 631 g/mol. The van der Waals surface area contributed by atoms with E-state index in [9.17, 15) is 48.3 Å². The standard InChI is InChI=1S/C27H8F15N/c28-15-13(16(29)20(33)21(34)19(15)32)14-17(30)22(35)24(23(36)18(14)31)43-11-7-3-1-5-9(11)25(26(37,38)39,27(40,41)42)10-6-2-4-8-12(10)43/h1-8H. The Balaban J connectivity index is 1.91. The molecule has 0 aromatic heterocycles. The van der Waals surface area contributed by atoms with Gasteiger partial charge < -0.3 is 4.90 Å². The van der Waals surface area contributed by atoms with Crippen molar-refractivity contribution in [2.75, 3.05) is 4.90 Å². The lowest BCUT2D eigenvalue weighted by Gasteiger charge is -2.46. The predicted octanol–water partition coefficient (Wildman–Crippen LogP) is 9.80. The number of fused-ring (bicyclic) bond motifs is 2. The third-order valence-corrected chi connectivity index (χ3v) is 6.87. The van der Waals surface area contributed by atoms with E-state index >= 15 is 17.6 Å². The fourth-order valence-electron chi connectivity index (χ4n) is 5.12. The van der Waals surface area contributed by atoms with Crippen molar-refractivity contribution in [1.29, 1.82) is 0 Å². The highest BCUT2D eigenvalue weighted by atomic mass is 19.4. The Morgan fingerprint density at radius 1 is 0.419 bits per heavy atom. The lowest BCUT2D eigenvalue weighted by molar-refractivity contribution is -0.288. The van der Waals surface area contributed by atoms with Crippen LogP contribution >= 0.6 is 0 Å². The summed E-state index contributed by atoms with van der Waals surface area (Å²) >= 11 is 0. The van der Waals surface area contributed by atoms with Gasteiger partial charge in [-0.05, 0) is 12.1 Å². The first-order valence-electron chi connectivity index (χ1n) is 11.4. The van der Waals surface area contributed by atoms with Gasteiger partial charge >= 0.3 is 12.4 Å². The van der Waals surface area contributed by atoms with E-state index in [0.717, 1.165) is 24.3 Å². The summed E-state index contributed by atoms with van der Waals surface area (Å²) in [7, 11) is 0. The third kappa shape index (κ3) is 3.83. The lowest BCUT2D eigenvalue weighted by Crippen LogP contribution is -2.57. The smallest absolute Gasteiger partial charge is 0.304 e. The minimum atomic E-state index is -6.16. The maximum absolute atomic E-state index is 15.6. The van der Waals surface area contributed by atoms with Crippen LogP contribution in [-0.2, 0) is 5.41 Å². The van der Waals surface area contributed by atoms with Crippen molar-refractivity contribution < 1.29 is 65.9 Å². The molecule has 0 atom stereocenters. The van der Waals surface area contributed by atoms with Crippen LogP contribution in [0, 0.1) is 52.4 Å². The molecule has 1 aliphatic rings. The SMILES string of the molecule is Fc1c(F)c(F)c(-c2c(F)c(F)c(N3c4ccccc4C(C(F)(F)F)(C(F)(F)F)c4ccccc43)c(F)c2F)c(F)c1F. The van der Waals surface area contributed by atoms with Gasteiger partial charge in [-0.15, -0.1) is 0 Å². The van der Waals surface area contributed by atoms with Crippen LogP contribution in [0.15, 0.2) is 48.5 Å². The molecule has 16 heteroatoms. The number of alkyl halides is 6. The van der Waals surface area contributed by atoms with Gasteiger partial charge in [-0.25, -0.2) is 39.5 Å². The van der Waals surface area contributed by atoms with E-state index in [1.54, 1.807) is 0 Å². The van der Waals surface area contributed by atoms with Crippen molar-refractivity contribution >= 4 is 17.1 Å². The molecule has 1 heterocycles. The highest BCUT2D eigenvalue weighted by molar-refractivity contribution is 5.88. The summed E-state index contributed by atoms with van der Waals surface area (Å²) in [4.78, 5) is -0.0282. The highest BCUT2D eigenvalue weighted by Crippen LogP contribution is 2.64. The van der Waals surface area contributed by atoms with Crippen LogP contribution in [-0.4, -0.2) is 12.4 Å². The maximum atomic E-state index is 15.6. The van der Waals surface area contributed by atoms with E-state index in [4.69, 9.17) is 0 Å². The van der Waals surface area contributed by atoms with Crippen LogP contribution in [0.2, 0.25) is 0 Å². The number of nitrogens with zero attached hydrogens (tertiary/aromatic N) is 1. The van der Waals surface area contributed by atoms with E-state index in [1.165, 1.54) is 0 Å². The molecule has 0 aliphatic carbocycles. The quantitative estimate of drug-likeness (QED) is 0.121. The van der Waals surface area contributed by atoms with Crippen LogP contribution in [0.1, 0.15) is 11.1 Å². The fraction of sp³-hybridized carbons (Fsp3) is 0.111. The molecule has 43 heavy (non-hydrogen) atoms. The highest BCUT2D eigenvalue weighted by Gasteiger charge is 2.75. The topological polar surface area (TPSA) is 3.24 Å². The van der Waals surface area contributed by atoms with Gasteiger partial charge in [0, 0.05) is 11.1 Å². The third-order valence-electron chi connectivity index (χ3n) is 6.87. The molecule has 1 nitrogen and oxygen atoms in total. The Kier molecular flexibility index (Phi) is 6.70. The number of anilines is 3. The summed E-state index contributed by atoms with van der Waals surface area (Å²) in [6.07, 6.45) is -12.3. The van der Waals surface area contributed by atoms with Gasteiger partial charge in [0.1, 0.15) is 5.69 Å².